The van der Waals surface area contributed by atoms with Crippen molar-refractivity contribution in [1.82, 2.24) is 4.72 Å². The highest BCUT2D eigenvalue weighted by molar-refractivity contribution is 9.10. The molecule has 16 heavy (non-hydrogen) atoms. The molecule has 0 fully saturated rings. The first-order valence-corrected chi connectivity index (χ1v) is 7.43. The highest BCUT2D eigenvalue weighted by atomic mass is 79.9. The van der Waals surface area contributed by atoms with E-state index in [9.17, 15) is 8.42 Å². The molecule has 3 nitrogen and oxygen atoms in total. The van der Waals surface area contributed by atoms with Gasteiger partial charge in [-0.3, -0.25) is 0 Å². The molecule has 0 aliphatic heterocycles. The lowest BCUT2D eigenvalue weighted by Crippen LogP contribution is -2.44. The summed E-state index contributed by atoms with van der Waals surface area (Å²) in [6.07, 6.45) is 0. The maximum absolute atomic E-state index is 11.9. The van der Waals surface area contributed by atoms with Crippen LogP contribution in [0.1, 0.15) is 13.8 Å². The Labute approximate surface area is 109 Å². The van der Waals surface area contributed by atoms with Crippen LogP contribution in [0.3, 0.4) is 0 Å². The summed E-state index contributed by atoms with van der Waals surface area (Å²) in [5.74, 6) is 0.211. The second-order valence-corrected chi connectivity index (χ2v) is 6.94. The van der Waals surface area contributed by atoms with Gasteiger partial charge < -0.3 is 0 Å². The molecule has 90 valence electrons. The molecule has 0 unspecified atom stereocenters. The topological polar surface area (TPSA) is 46.2 Å². The first-order chi connectivity index (χ1) is 7.27. The van der Waals surface area contributed by atoms with Crippen molar-refractivity contribution in [3.8, 4) is 0 Å². The van der Waals surface area contributed by atoms with Gasteiger partial charge in [0.25, 0.3) is 0 Å². The van der Waals surface area contributed by atoms with Crippen molar-refractivity contribution in [3.63, 3.8) is 0 Å². The molecule has 0 aliphatic carbocycles. The van der Waals surface area contributed by atoms with E-state index in [1.54, 1.807) is 26.0 Å². The van der Waals surface area contributed by atoms with Crippen LogP contribution >= 0.6 is 27.5 Å². The normalized spacial score (nSPS) is 12.8. The quantitative estimate of drug-likeness (QED) is 0.865. The van der Waals surface area contributed by atoms with Gasteiger partial charge in [0.2, 0.25) is 10.0 Å². The van der Waals surface area contributed by atoms with Gasteiger partial charge in [0.1, 0.15) is 0 Å². The highest BCUT2D eigenvalue weighted by Gasteiger charge is 2.25. The van der Waals surface area contributed by atoms with Gasteiger partial charge in [0, 0.05) is 15.9 Å². The van der Waals surface area contributed by atoms with E-state index < -0.39 is 15.6 Å². The number of sulfonamides is 1. The molecule has 1 aromatic rings. The smallest absolute Gasteiger partial charge is 0.207 e. The van der Waals surface area contributed by atoms with Crippen LogP contribution in [0.5, 0.6) is 0 Å². The molecule has 0 radical (unpaired) electrons. The van der Waals surface area contributed by atoms with Crippen LogP contribution in [0.2, 0.25) is 0 Å². The molecule has 0 saturated carbocycles. The number of hydrogen-bond donors (Lipinski definition) is 1. The summed E-state index contributed by atoms with van der Waals surface area (Å²) in [4.78, 5) is 0.230. The fourth-order valence-electron chi connectivity index (χ4n) is 1.06. The van der Waals surface area contributed by atoms with E-state index in [0.717, 1.165) is 4.47 Å². The fraction of sp³-hybridized carbons (Fsp3) is 0.400. The van der Waals surface area contributed by atoms with Gasteiger partial charge in [-0.1, -0.05) is 15.9 Å². The summed E-state index contributed by atoms with van der Waals surface area (Å²) >= 11 is 8.93. The largest absolute Gasteiger partial charge is 0.241 e. The molecule has 1 rings (SSSR count). The molecule has 0 saturated heterocycles. The monoisotopic (exact) mass is 325 g/mol. The molecule has 1 N–H and O–H groups in total. The molecule has 0 heterocycles. The lowest BCUT2D eigenvalue weighted by atomic mass is 10.1. The number of hydrogen-bond acceptors (Lipinski definition) is 2. The second-order valence-electron chi connectivity index (χ2n) is 4.08. The van der Waals surface area contributed by atoms with Crippen LogP contribution in [0, 0.1) is 0 Å². The van der Waals surface area contributed by atoms with Crippen LogP contribution < -0.4 is 4.72 Å². The molecule has 0 aromatic heterocycles. The zero-order valence-electron chi connectivity index (χ0n) is 9.00. The second kappa shape index (κ2) is 5.04. The Kier molecular flexibility index (Phi) is 4.40. The third-order valence-corrected chi connectivity index (χ3v) is 4.78. The van der Waals surface area contributed by atoms with Crippen molar-refractivity contribution < 1.29 is 8.42 Å². The Bertz CT molecular complexity index is 456. The maximum Gasteiger partial charge on any atom is 0.241 e. The Hall–Kier alpha value is -0.100. The van der Waals surface area contributed by atoms with E-state index >= 15 is 0 Å². The zero-order valence-corrected chi connectivity index (χ0v) is 12.2. The van der Waals surface area contributed by atoms with Crippen molar-refractivity contribution in [3.05, 3.63) is 28.7 Å². The third-order valence-electron chi connectivity index (χ3n) is 1.87. The Balaban J connectivity index is 2.99. The number of halogens is 2. The minimum Gasteiger partial charge on any atom is -0.207 e. The van der Waals surface area contributed by atoms with Crippen molar-refractivity contribution in [1.29, 1.82) is 0 Å². The van der Waals surface area contributed by atoms with Gasteiger partial charge in [-0.05, 0) is 38.1 Å². The third kappa shape index (κ3) is 3.73. The van der Waals surface area contributed by atoms with Crippen LogP contribution in [0.15, 0.2) is 33.6 Å². The van der Waals surface area contributed by atoms with Crippen molar-refractivity contribution in [2.75, 3.05) is 5.88 Å². The Morgan fingerprint density at radius 2 is 1.81 bits per heavy atom. The maximum atomic E-state index is 11.9. The molecule has 0 bridgehead atoms. The Morgan fingerprint density at radius 1 is 1.31 bits per heavy atom. The van der Waals surface area contributed by atoms with Crippen LogP contribution in [-0.4, -0.2) is 19.8 Å². The number of nitrogens with one attached hydrogen (secondary N) is 1. The van der Waals surface area contributed by atoms with E-state index in [2.05, 4.69) is 20.7 Å². The first kappa shape index (κ1) is 14.0. The van der Waals surface area contributed by atoms with Crippen LogP contribution in [0.4, 0.5) is 0 Å². The number of benzene rings is 1. The fourth-order valence-corrected chi connectivity index (χ4v) is 2.89. The van der Waals surface area contributed by atoms with Crippen molar-refractivity contribution >= 4 is 37.6 Å². The molecular formula is C10H13BrClNO2S. The highest BCUT2D eigenvalue weighted by Crippen LogP contribution is 2.17. The summed E-state index contributed by atoms with van der Waals surface area (Å²) in [5, 5.41) is 0. The SMILES string of the molecule is CC(C)(CCl)NS(=O)(=O)c1ccc(Br)cc1. The van der Waals surface area contributed by atoms with Gasteiger partial charge in [-0.2, -0.15) is 0 Å². The first-order valence-electron chi connectivity index (χ1n) is 4.62. The number of alkyl halides is 1. The van der Waals surface area contributed by atoms with E-state index in [1.165, 1.54) is 12.1 Å². The van der Waals surface area contributed by atoms with Crippen molar-refractivity contribution in [2.45, 2.75) is 24.3 Å². The predicted molar refractivity (Wildman–Crippen MR) is 69.3 cm³/mol. The predicted octanol–water partition coefficient (Wildman–Crippen LogP) is 2.74. The molecular weight excluding hydrogens is 314 g/mol. The van der Waals surface area contributed by atoms with E-state index in [1.807, 2.05) is 0 Å². The van der Waals surface area contributed by atoms with Gasteiger partial charge in [-0.25, -0.2) is 13.1 Å². The number of rotatable bonds is 4. The lowest BCUT2D eigenvalue weighted by molar-refractivity contribution is 0.496. The summed E-state index contributed by atoms with van der Waals surface area (Å²) in [6, 6.07) is 6.44. The summed E-state index contributed by atoms with van der Waals surface area (Å²) in [6.45, 7) is 3.47. The standard InChI is InChI=1S/C10H13BrClNO2S/c1-10(2,7-12)13-16(14,15)9-5-3-8(11)4-6-9/h3-6,13H,7H2,1-2H3. The minimum absolute atomic E-state index is 0.211. The summed E-state index contributed by atoms with van der Waals surface area (Å²) in [7, 11) is -3.50. The molecule has 1 aromatic carbocycles. The summed E-state index contributed by atoms with van der Waals surface area (Å²) in [5.41, 5.74) is -0.659. The molecule has 0 amide bonds. The van der Waals surface area contributed by atoms with Gasteiger partial charge in [0.15, 0.2) is 0 Å². The lowest BCUT2D eigenvalue weighted by Gasteiger charge is -2.22. The zero-order chi connectivity index (χ0) is 12.4. The van der Waals surface area contributed by atoms with Gasteiger partial charge in [0.05, 0.1) is 4.90 Å². The average molecular weight is 327 g/mol. The van der Waals surface area contributed by atoms with E-state index in [-0.39, 0.29) is 10.8 Å². The van der Waals surface area contributed by atoms with Gasteiger partial charge in [-0.15, -0.1) is 11.6 Å². The average Bonchev–Trinajstić information content (AvgIpc) is 2.17. The minimum atomic E-state index is -3.50. The molecule has 0 atom stereocenters. The van der Waals surface area contributed by atoms with E-state index in [0.29, 0.717) is 0 Å². The molecule has 0 spiro atoms. The van der Waals surface area contributed by atoms with E-state index in [4.69, 9.17) is 11.6 Å². The van der Waals surface area contributed by atoms with Crippen molar-refractivity contribution in [2.24, 2.45) is 0 Å². The summed E-state index contributed by atoms with van der Waals surface area (Å²) < 4.78 is 27.2. The molecule has 6 heteroatoms. The van der Waals surface area contributed by atoms with Gasteiger partial charge >= 0.3 is 0 Å². The molecule has 0 aliphatic rings. The van der Waals surface area contributed by atoms with Crippen LogP contribution in [0.25, 0.3) is 0 Å². The Morgan fingerprint density at radius 3 is 2.25 bits per heavy atom. The van der Waals surface area contributed by atoms with Crippen LogP contribution in [-0.2, 0) is 10.0 Å².